The summed E-state index contributed by atoms with van der Waals surface area (Å²) in [6, 6.07) is 5.10. The first-order valence-electron chi connectivity index (χ1n) is 7.47. The summed E-state index contributed by atoms with van der Waals surface area (Å²) in [4.78, 5) is 25.6. The van der Waals surface area contributed by atoms with E-state index in [1.165, 1.54) is 14.2 Å². The first-order valence-corrected chi connectivity index (χ1v) is 7.85. The Balaban J connectivity index is 1.82. The molecule has 0 saturated carbocycles. The van der Waals surface area contributed by atoms with E-state index in [1.54, 1.807) is 18.2 Å². The molecular weight excluding hydrogens is 320 g/mol. The van der Waals surface area contributed by atoms with Crippen LogP contribution in [0.3, 0.4) is 0 Å². The molecule has 0 aromatic heterocycles. The van der Waals surface area contributed by atoms with E-state index < -0.39 is 0 Å². The summed E-state index contributed by atoms with van der Waals surface area (Å²) in [5.74, 6) is 0.235. The number of nitrogens with zero attached hydrogens (tertiary/aromatic N) is 1. The standard InChI is InChI=1S/C16H21ClN2O4/c1-22-14-4-3-12(9-13(14)17)18-15(20)10-19-7-5-11(6-8-19)16(21)23-2/h3-4,9,11H,5-8,10H2,1-2H3,(H,18,20). The van der Waals surface area contributed by atoms with Gasteiger partial charge in [-0.25, -0.2) is 0 Å². The second kappa shape index (κ2) is 8.17. The third-order valence-electron chi connectivity index (χ3n) is 3.92. The first kappa shape index (κ1) is 17.6. The SMILES string of the molecule is COC(=O)C1CCN(CC(=O)Nc2ccc(OC)c(Cl)c2)CC1. The summed E-state index contributed by atoms with van der Waals surface area (Å²) in [6.07, 6.45) is 1.43. The highest BCUT2D eigenvalue weighted by molar-refractivity contribution is 6.32. The lowest BCUT2D eigenvalue weighted by Crippen LogP contribution is -2.41. The molecule has 0 aliphatic carbocycles. The molecule has 1 aliphatic heterocycles. The van der Waals surface area contributed by atoms with Crippen LogP contribution in [0.25, 0.3) is 0 Å². The van der Waals surface area contributed by atoms with Crippen molar-refractivity contribution in [2.75, 3.05) is 39.2 Å². The van der Waals surface area contributed by atoms with Gasteiger partial charge in [0.25, 0.3) is 0 Å². The molecule has 0 radical (unpaired) electrons. The van der Waals surface area contributed by atoms with Crippen LogP contribution in [0, 0.1) is 5.92 Å². The molecule has 0 bridgehead atoms. The second-order valence-corrected chi connectivity index (χ2v) is 5.88. The smallest absolute Gasteiger partial charge is 0.308 e. The fourth-order valence-corrected chi connectivity index (χ4v) is 2.90. The zero-order valence-corrected chi connectivity index (χ0v) is 14.1. The van der Waals surface area contributed by atoms with Crippen molar-refractivity contribution in [3.05, 3.63) is 23.2 Å². The van der Waals surface area contributed by atoms with Crippen LogP contribution in [0.15, 0.2) is 18.2 Å². The number of amides is 1. The molecule has 0 atom stereocenters. The van der Waals surface area contributed by atoms with Crippen molar-refractivity contribution in [3.8, 4) is 5.75 Å². The Morgan fingerprint density at radius 2 is 2.00 bits per heavy atom. The molecule has 1 N–H and O–H groups in total. The first-order chi connectivity index (χ1) is 11.0. The lowest BCUT2D eigenvalue weighted by Gasteiger charge is -2.29. The van der Waals surface area contributed by atoms with E-state index in [2.05, 4.69) is 5.32 Å². The number of hydrogen-bond donors (Lipinski definition) is 1. The van der Waals surface area contributed by atoms with Gasteiger partial charge in [0.15, 0.2) is 0 Å². The van der Waals surface area contributed by atoms with Crippen molar-refractivity contribution >= 4 is 29.2 Å². The number of hydrogen-bond acceptors (Lipinski definition) is 5. The van der Waals surface area contributed by atoms with Gasteiger partial charge in [-0.15, -0.1) is 0 Å². The third-order valence-corrected chi connectivity index (χ3v) is 4.22. The minimum Gasteiger partial charge on any atom is -0.495 e. The Labute approximate surface area is 140 Å². The molecule has 1 heterocycles. The van der Waals surface area contributed by atoms with Crippen LogP contribution < -0.4 is 10.1 Å². The number of nitrogens with one attached hydrogen (secondary N) is 1. The van der Waals surface area contributed by atoms with Crippen molar-refractivity contribution in [2.24, 2.45) is 5.92 Å². The molecule has 23 heavy (non-hydrogen) atoms. The number of carbonyl (C=O) groups excluding carboxylic acids is 2. The number of halogens is 1. The van der Waals surface area contributed by atoms with Crippen molar-refractivity contribution in [1.82, 2.24) is 4.90 Å². The van der Waals surface area contributed by atoms with Gasteiger partial charge >= 0.3 is 5.97 Å². The fourth-order valence-electron chi connectivity index (χ4n) is 2.64. The molecule has 2 rings (SSSR count). The fraction of sp³-hybridized carbons (Fsp3) is 0.500. The number of methoxy groups -OCH3 is 2. The number of benzene rings is 1. The highest BCUT2D eigenvalue weighted by atomic mass is 35.5. The van der Waals surface area contributed by atoms with Crippen LogP contribution in [0.1, 0.15) is 12.8 Å². The van der Waals surface area contributed by atoms with Gasteiger partial charge in [0.2, 0.25) is 5.91 Å². The lowest BCUT2D eigenvalue weighted by atomic mass is 9.97. The van der Waals surface area contributed by atoms with Gasteiger partial charge in [0.05, 0.1) is 31.7 Å². The summed E-state index contributed by atoms with van der Waals surface area (Å²) in [6.45, 7) is 1.70. The van der Waals surface area contributed by atoms with Gasteiger partial charge in [-0.2, -0.15) is 0 Å². The van der Waals surface area contributed by atoms with E-state index in [0.717, 1.165) is 0 Å². The average Bonchev–Trinajstić information content (AvgIpc) is 2.55. The lowest BCUT2D eigenvalue weighted by molar-refractivity contribution is -0.147. The molecule has 1 aromatic rings. The molecule has 0 spiro atoms. The van der Waals surface area contributed by atoms with Crippen molar-refractivity contribution in [1.29, 1.82) is 0 Å². The summed E-state index contributed by atoms with van der Waals surface area (Å²) in [7, 11) is 2.94. The van der Waals surface area contributed by atoms with Crippen molar-refractivity contribution < 1.29 is 19.1 Å². The van der Waals surface area contributed by atoms with E-state index in [9.17, 15) is 9.59 Å². The Bertz CT molecular complexity index is 571. The maximum atomic E-state index is 12.1. The molecule has 1 aliphatic rings. The summed E-state index contributed by atoms with van der Waals surface area (Å²) in [5, 5.41) is 3.26. The molecule has 7 heteroatoms. The van der Waals surface area contributed by atoms with Gasteiger partial charge < -0.3 is 14.8 Å². The molecule has 1 saturated heterocycles. The predicted octanol–water partition coefficient (Wildman–Crippen LogP) is 2.17. The maximum absolute atomic E-state index is 12.1. The summed E-state index contributed by atoms with van der Waals surface area (Å²) < 4.78 is 9.83. The second-order valence-electron chi connectivity index (χ2n) is 5.47. The van der Waals surface area contributed by atoms with Crippen LogP contribution >= 0.6 is 11.6 Å². The van der Waals surface area contributed by atoms with E-state index in [4.69, 9.17) is 21.1 Å². The third kappa shape index (κ3) is 4.84. The monoisotopic (exact) mass is 340 g/mol. The Hall–Kier alpha value is -1.79. The summed E-state index contributed by atoms with van der Waals surface area (Å²) in [5.41, 5.74) is 0.630. The molecule has 6 nitrogen and oxygen atoms in total. The number of ether oxygens (including phenoxy) is 2. The average molecular weight is 341 g/mol. The van der Waals surface area contributed by atoms with Gasteiger partial charge in [0, 0.05) is 5.69 Å². The summed E-state index contributed by atoms with van der Waals surface area (Å²) >= 11 is 6.03. The Kier molecular flexibility index (Phi) is 6.24. The van der Waals surface area contributed by atoms with Crippen LogP contribution in [0.2, 0.25) is 5.02 Å². The number of anilines is 1. The minimum atomic E-state index is -0.165. The van der Waals surface area contributed by atoms with Crippen LogP contribution in [-0.2, 0) is 14.3 Å². The van der Waals surface area contributed by atoms with E-state index >= 15 is 0 Å². The van der Waals surface area contributed by atoms with Crippen molar-refractivity contribution in [2.45, 2.75) is 12.8 Å². The molecular formula is C16H21ClN2O4. The Morgan fingerprint density at radius 1 is 1.30 bits per heavy atom. The minimum absolute atomic E-state index is 0.0558. The molecule has 1 aromatic carbocycles. The molecule has 126 valence electrons. The molecule has 1 fully saturated rings. The quantitative estimate of drug-likeness (QED) is 0.832. The van der Waals surface area contributed by atoms with Gasteiger partial charge in [-0.1, -0.05) is 11.6 Å². The topological polar surface area (TPSA) is 67.9 Å². The van der Waals surface area contributed by atoms with Gasteiger partial charge in [-0.3, -0.25) is 14.5 Å². The number of esters is 1. The largest absolute Gasteiger partial charge is 0.495 e. The van der Waals surface area contributed by atoms with Gasteiger partial charge in [-0.05, 0) is 44.1 Å². The van der Waals surface area contributed by atoms with E-state index in [0.29, 0.717) is 42.4 Å². The zero-order valence-electron chi connectivity index (χ0n) is 13.3. The zero-order chi connectivity index (χ0) is 16.8. The number of carbonyl (C=O) groups is 2. The molecule has 0 unspecified atom stereocenters. The molecule has 1 amide bonds. The highest BCUT2D eigenvalue weighted by Crippen LogP contribution is 2.27. The number of likely N-dealkylation sites (tertiary alicyclic amines) is 1. The van der Waals surface area contributed by atoms with Crippen molar-refractivity contribution in [3.63, 3.8) is 0 Å². The van der Waals surface area contributed by atoms with E-state index in [-0.39, 0.29) is 24.3 Å². The van der Waals surface area contributed by atoms with Crippen LogP contribution in [0.5, 0.6) is 5.75 Å². The maximum Gasteiger partial charge on any atom is 0.308 e. The van der Waals surface area contributed by atoms with Crippen LogP contribution in [0.4, 0.5) is 5.69 Å². The Morgan fingerprint density at radius 3 is 2.57 bits per heavy atom. The number of rotatable bonds is 5. The number of piperidine rings is 1. The highest BCUT2D eigenvalue weighted by Gasteiger charge is 2.26. The normalized spacial score (nSPS) is 16.0. The van der Waals surface area contributed by atoms with E-state index in [1.807, 2.05) is 4.90 Å². The van der Waals surface area contributed by atoms with Crippen LogP contribution in [-0.4, -0.2) is 50.6 Å². The predicted molar refractivity (Wildman–Crippen MR) is 87.8 cm³/mol. The van der Waals surface area contributed by atoms with Gasteiger partial charge in [0.1, 0.15) is 5.75 Å².